The summed E-state index contributed by atoms with van der Waals surface area (Å²) in [5.41, 5.74) is 1.24. The summed E-state index contributed by atoms with van der Waals surface area (Å²) in [6, 6.07) is 6.80. The molecule has 0 N–H and O–H groups in total. The smallest absolute Gasteiger partial charge is 0.276 e. The second-order valence-electron chi connectivity index (χ2n) is 5.83. The highest BCUT2D eigenvalue weighted by Gasteiger charge is 2.47. The number of hydrogen-bond donors (Lipinski definition) is 0. The van der Waals surface area contributed by atoms with Crippen molar-refractivity contribution in [2.24, 2.45) is 5.92 Å². The largest absolute Gasteiger partial charge is 0.300 e. The van der Waals surface area contributed by atoms with Gasteiger partial charge in [0, 0.05) is 24.3 Å². The first-order chi connectivity index (χ1) is 9.07. The Labute approximate surface area is 112 Å². The molecule has 2 aliphatic rings. The SMILES string of the molecule is O=C1CCC(c2ccc(C(F)(F)C3CC3)cc2)CC1. The van der Waals surface area contributed by atoms with E-state index in [1.165, 1.54) is 0 Å². The minimum atomic E-state index is -2.67. The number of carbonyl (C=O) groups is 1. The standard InChI is InChI=1S/C16H18F2O/c17-16(18,14-7-8-14)13-5-1-11(2-6-13)12-3-9-15(19)10-4-12/h1-2,5-6,12,14H,3-4,7-10H2. The highest BCUT2D eigenvalue weighted by Crippen LogP contribution is 2.49. The van der Waals surface area contributed by atoms with Crippen LogP contribution in [0.3, 0.4) is 0 Å². The van der Waals surface area contributed by atoms with Gasteiger partial charge in [-0.3, -0.25) is 4.79 Å². The third-order valence-corrected chi connectivity index (χ3v) is 4.40. The van der Waals surface area contributed by atoms with Crippen LogP contribution < -0.4 is 0 Å². The average Bonchev–Trinajstić information content (AvgIpc) is 3.24. The lowest BCUT2D eigenvalue weighted by Gasteiger charge is -2.22. The van der Waals surface area contributed by atoms with Crippen LogP contribution in [0, 0.1) is 5.92 Å². The minimum absolute atomic E-state index is 0.144. The van der Waals surface area contributed by atoms with Gasteiger partial charge in [0.05, 0.1) is 0 Å². The number of carbonyl (C=O) groups excluding carboxylic acids is 1. The molecule has 1 aromatic rings. The third-order valence-electron chi connectivity index (χ3n) is 4.40. The van der Waals surface area contributed by atoms with E-state index in [0.717, 1.165) is 18.4 Å². The summed E-state index contributed by atoms with van der Waals surface area (Å²) in [6.45, 7) is 0. The molecule has 0 radical (unpaired) electrons. The number of hydrogen-bond acceptors (Lipinski definition) is 1. The van der Waals surface area contributed by atoms with Crippen molar-refractivity contribution >= 4 is 5.78 Å². The lowest BCUT2D eigenvalue weighted by atomic mass is 9.83. The Morgan fingerprint density at radius 1 is 0.947 bits per heavy atom. The highest BCUT2D eigenvalue weighted by molar-refractivity contribution is 5.79. The quantitative estimate of drug-likeness (QED) is 0.790. The summed E-state index contributed by atoms with van der Waals surface area (Å²) >= 11 is 0. The van der Waals surface area contributed by atoms with E-state index in [9.17, 15) is 13.6 Å². The highest BCUT2D eigenvalue weighted by atomic mass is 19.3. The van der Waals surface area contributed by atoms with Crippen molar-refractivity contribution in [3.8, 4) is 0 Å². The molecule has 2 fully saturated rings. The minimum Gasteiger partial charge on any atom is -0.300 e. The molecule has 3 heteroatoms. The Morgan fingerprint density at radius 3 is 2.05 bits per heavy atom. The van der Waals surface area contributed by atoms with E-state index >= 15 is 0 Å². The fraction of sp³-hybridized carbons (Fsp3) is 0.562. The molecule has 0 aromatic heterocycles. The molecular formula is C16H18F2O. The van der Waals surface area contributed by atoms with Crippen molar-refractivity contribution in [3.63, 3.8) is 0 Å². The van der Waals surface area contributed by atoms with Crippen LogP contribution in [0.5, 0.6) is 0 Å². The van der Waals surface area contributed by atoms with Crippen molar-refractivity contribution in [2.45, 2.75) is 50.4 Å². The summed E-state index contributed by atoms with van der Waals surface area (Å²) in [6.07, 6.45) is 4.25. The first kappa shape index (κ1) is 12.8. The summed E-state index contributed by atoms with van der Waals surface area (Å²) < 4.78 is 27.8. The molecule has 1 aromatic carbocycles. The van der Waals surface area contributed by atoms with Crippen LogP contribution in [0.4, 0.5) is 8.78 Å². The van der Waals surface area contributed by atoms with Crippen LogP contribution in [-0.4, -0.2) is 5.78 Å². The van der Waals surface area contributed by atoms with E-state index in [1.807, 2.05) is 12.1 Å². The maximum absolute atomic E-state index is 13.9. The number of rotatable bonds is 3. The molecule has 19 heavy (non-hydrogen) atoms. The second-order valence-corrected chi connectivity index (χ2v) is 5.83. The summed E-state index contributed by atoms with van der Waals surface area (Å²) in [5.74, 6) is -2.43. The number of halogens is 2. The van der Waals surface area contributed by atoms with Crippen LogP contribution in [0.25, 0.3) is 0 Å². The van der Waals surface area contributed by atoms with Crippen molar-refractivity contribution < 1.29 is 13.6 Å². The molecule has 3 rings (SSSR count). The first-order valence-corrected chi connectivity index (χ1v) is 7.07. The van der Waals surface area contributed by atoms with Gasteiger partial charge in [-0.1, -0.05) is 24.3 Å². The lowest BCUT2D eigenvalue weighted by Crippen LogP contribution is -2.16. The zero-order chi connectivity index (χ0) is 13.5. The summed E-state index contributed by atoms with van der Waals surface area (Å²) in [7, 11) is 0. The molecule has 0 bridgehead atoms. The van der Waals surface area contributed by atoms with Gasteiger partial charge >= 0.3 is 0 Å². The zero-order valence-electron chi connectivity index (χ0n) is 10.9. The van der Waals surface area contributed by atoms with Crippen LogP contribution >= 0.6 is 0 Å². The topological polar surface area (TPSA) is 17.1 Å². The van der Waals surface area contributed by atoms with Gasteiger partial charge in [0.25, 0.3) is 5.92 Å². The Bertz CT molecular complexity index is 464. The van der Waals surface area contributed by atoms with Gasteiger partial charge < -0.3 is 0 Å². The second kappa shape index (κ2) is 4.69. The fourth-order valence-corrected chi connectivity index (χ4v) is 2.93. The van der Waals surface area contributed by atoms with Crippen molar-refractivity contribution in [1.82, 2.24) is 0 Å². The molecule has 2 aliphatic carbocycles. The maximum Gasteiger partial charge on any atom is 0.276 e. The first-order valence-electron chi connectivity index (χ1n) is 7.07. The van der Waals surface area contributed by atoms with Gasteiger partial charge in [-0.2, -0.15) is 0 Å². The molecule has 2 saturated carbocycles. The predicted molar refractivity (Wildman–Crippen MR) is 69.3 cm³/mol. The Kier molecular flexibility index (Phi) is 3.15. The van der Waals surface area contributed by atoms with Gasteiger partial charge in [-0.05, 0) is 37.2 Å². The molecular weight excluding hydrogens is 246 g/mol. The van der Waals surface area contributed by atoms with Gasteiger partial charge in [0.15, 0.2) is 0 Å². The fourth-order valence-electron chi connectivity index (χ4n) is 2.93. The molecule has 0 saturated heterocycles. The summed E-state index contributed by atoms with van der Waals surface area (Å²) in [4.78, 5) is 11.2. The molecule has 0 spiro atoms. The Hall–Kier alpha value is -1.25. The third kappa shape index (κ3) is 2.56. The molecule has 0 aliphatic heterocycles. The molecule has 0 amide bonds. The van der Waals surface area contributed by atoms with Crippen LogP contribution in [0.2, 0.25) is 0 Å². The van der Waals surface area contributed by atoms with Crippen molar-refractivity contribution in [2.75, 3.05) is 0 Å². The molecule has 102 valence electrons. The van der Waals surface area contributed by atoms with Crippen LogP contribution in [0.15, 0.2) is 24.3 Å². The van der Waals surface area contributed by atoms with E-state index in [2.05, 4.69) is 0 Å². The van der Waals surface area contributed by atoms with Crippen LogP contribution in [-0.2, 0) is 10.7 Å². The number of benzene rings is 1. The van der Waals surface area contributed by atoms with E-state index in [1.54, 1.807) is 12.1 Å². The van der Waals surface area contributed by atoms with E-state index in [-0.39, 0.29) is 5.56 Å². The Balaban J connectivity index is 1.73. The van der Waals surface area contributed by atoms with Gasteiger partial charge in [-0.15, -0.1) is 0 Å². The number of alkyl halides is 2. The van der Waals surface area contributed by atoms with E-state index < -0.39 is 11.8 Å². The lowest BCUT2D eigenvalue weighted by molar-refractivity contribution is -0.120. The maximum atomic E-state index is 13.9. The number of ketones is 1. The zero-order valence-corrected chi connectivity index (χ0v) is 10.9. The van der Waals surface area contributed by atoms with E-state index in [0.29, 0.717) is 37.4 Å². The van der Waals surface area contributed by atoms with Crippen molar-refractivity contribution in [3.05, 3.63) is 35.4 Å². The molecule has 1 nitrogen and oxygen atoms in total. The molecule has 0 atom stereocenters. The number of Topliss-reactive ketones (excluding diaryl/α,β-unsaturated/α-hetero) is 1. The van der Waals surface area contributed by atoms with Crippen LogP contribution in [0.1, 0.15) is 55.6 Å². The predicted octanol–water partition coefficient (Wildman–Crippen LogP) is 4.42. The van der Waals surface area contributed by atoms with Gasteiger partial charge in [0.2, 0.25) is 0 Å². The normalized spacial score (nSPS) is 21.7. The molecule has 0 unspecified atom stereocenters. The monoisotopic (exact) mass is 264 g/mol. The summed E-state index contributed by atoms with van der Waals surface area (Å²) in [5, 5.41) is 0. The van der Waals surface area contributed by atoms with E-state index in [4.69, 9.17) is 0 Å². The average molecular weight is 264 g/mol. The van der Waals surface area contributed by atoms with Gasteiger partial charge in [0.1, 0.15) is 5.78 Å². The molecule has 0 heterocycles. The Morgan fingerprint density at radius 2 is 1.53 bits per heavy atom. The van der Waals surface area contributed by atoms with Gasteiger partial charge in [-0.25, -0.2) is 8.78 Å². The van der Waals surface area contributed by atoms with Crippen molar-refractivity contribution in [1.29, 1.82) is 0 Å².